The van der Waals surface area contributed by atoms with Gasteiger partial charge in [-0.3, -0.25) is 19.3 Å². The summed E-state index contributed by atoms with van der Waals surface area (Å²) >= 11 is 7.10. The van der Waals surface area contributed by atoms with Gasteiger partial charge in [0.15, 0.2) is 0 Å². The van der Waals surface area contributed by atoms with Crippen molar-refractivity contribution in [1.82, 2.24) is 10.2 Å². The van der Waals surface area contributed by atoms with Crippen LogP contribution >= 0.6 is 22.9 Å². The Hall–Kier alpha value is -2.67. The van der Waals surface area contributed by atoms with Crippen molar-refractivity contribution in [3.63, 3.8) is 0 Å². The number of ether oxygens (including phenoxy) is 1. The molecule has 13 heteroatoms. The van der Waals surface area contributed by atoms with Crippen molar-refractivity contribution in [3.05, 3.63) is 45.1 Å². The number of carbonyl (C=O) groups is 3. The average molecular weight is 613 g/mol. The van der Waals surface area contributed by atoms with Crippen LogP contribution in [-0.4, -0.2) is 67.6 Å². The summed E-state index contributed by atoms with van der Waals surface area (Å²) in [6, 6.07) is 6.04. The van der Waals surface area contributed by atoms with Crippen LogP contribution in [0.4, 0.5) is 24.5 Å². The van der Waals surface area contributed by atoms with E-state index >= 15 is 0 Å². The molecule has 2 aliphatic carbocycles. The van der Waals surface area contributed by atoms with Crippen LogP contribution in [0.3, 0.4) is 0 Å². The van der Waals surface area contributed by atoms with Gasteiger partial charge >= 0.3 is 6.18 Å². The summed E-state index contributed by atoms with van der Waals surface area (Å²) in [5.41, 5.74) is -1.33. The summed E-state index contributed by atoms with van der Waals surface area (Å²) in [6.07, 6.45) is 1.39. The molecular formula is C28H32ClF3N4O4S. The predicted molar refractivity (Wildman–Crippen MR) is 150 cm³/mol. The van der Waals surface area contributed by atoms with Crippen LogP contribution in [-0.2, 0) is 20.5 Å². The molecule has 3 aliphatic rings. The molecule has 8 nitrogen and oxygen atoms in total. The molecule has 0 radical (unpaired) electrons. The molecule has 2 heterocycles. The smallest absolute Gasteiger partial charge is 0.370 e. The predicted octanol–water partition coefficient (Wildman–Crippen LogP) is 5.18. The Morgan fingerprint density at radius 1 is 1.15 bits per heavy atom. The molecule has 0 unspecified atom stereocenters. The summed E-state index contributed by atoms with van der Waals surface area (Å²) in [7, 11) is 0. The Kier molecular flexibility index (Phi) is 9.22. The molecule has 1 saturated heterocycles. The monoisotopic (exact) mass is 612 g/mol. The number of hydrogen-bond acceptors (Lipinski definition) is 6. The lowest BCUT2D eigenvalue weighted by atomic mass is 9.82. The van der Waals surface area contributed by atoms with E-state index in [9.17, 15) is 27.6 Å². The second-order valence-electron chi connectivity index (χ2n) is 10.7. The van der Waals surface area contributed by atoms with Gasteiger partial charge in [0.2, 0.25) is 5.91 Å². The number of amides is 3. The third-order valence-electron chi connectivity index (χ3n) is 8.04. The molecule has 1 aromatic heterocycles. The van der Waals surface area contributed by atoms with E-state index < -0.39 is 29.6 Å². The van der Waals surface area contributed by atoms with E-state index in [0.29, 0.717) is 21.7 Å². The molecule has 3 fully saturated rings. The lowest BCUT2D eigenvalue weighted by Crippen LogP contribution is -2.57. The minimum Gasteiger partial charge on any atom is -0.370 e. The average Bonchev–Trinajstić information content (AvgIpc) is 3.31. The fraction of sp³-hybridized carbons (Fsp3) is 0.536. The molecular weight excluding hydrogens is 581 g/mol. The van der Waals surface area contributed by atoms with Crippen LogP contribution in [0.1, 0.15) is 53.8 Å². The molecule has 222 valence electrons. The van der Waals surface area contributed by atoms with Gasteiger partial charge in [-0.2, -0.15) is 13.2 Å². The summed E-state index contributed by atoms with van der Waals surface area (Å²) in [5, 5.41) is 5.52. The normalized spacial score (nSPS) is 19.0. The summed E-state index contributed by atoms with van der Waals surface area (Å²) < 4.78 is 47.8. The first kappa shape index (κ1) is 29.8. The fourth-order valence-electron chi connectivity index (χ4n) is 5.37. The van der Waals surface area contributed by atoms with Crippen LogP contribution in [0.2, 0.25) is 4.34 Å². The zero-order valence-electron chi connectivity index (χ0n) is 22.3. The molecule has 0 bridgehead atoms. The summed E-state index contributed by atoms with van der Waals surface area (Å²) in [6.45, 7) is 0.525. The van der Waals surface area contributed by atoms with E-state index in [0.717, 1.165) is 60.8 Å². The van der Waals surface area contributed by atoms with Crippen molar-refractivity contribution in [2.75, 3.05) is 43.1 Å². The van der Waals surface area contributed by atoms with Gasteiger partial charge in [-0.15, -0.1) is 11.3 Å². The number of alkyl halides is 3. The number of anilines is 2. The number of rotatable bonds is 10. The Labute approximate surface area is 245 Å². The highest BCUT2D eigenvalue weighted by Gasteiger charge is 2.39. The van der Waals surface area contributed by atoms with Gasteiger partial charge in [0.1, 0.15) is 12.6 Å². The van der Waals surface area contributed by atoms with Crippen LogP contribution in [0.25, 0.3) is 0 Å². The van der Waals surface area contributed by atoms with Crippen LogP contribution in [0.15, 0.2) is 30.3 Å². The highest BCUT2D eigenvalue weighted by atomic mass is 35.5. The first-order valence-electron chi connectivity index (χ1n) is 13.8. The Bertz CT molecular complexity index is 1280. The van der Waals surface area contributed by atoms with Crippen LogP contribution in [0, 0.1) is 5.92 Å². The van der Waals surface area contributed by atoms with Crippen molar-refractivity contribution in [3.8, 4) is 0 Å². The second-order valence-corrected chi connectivity index (χ2v) is 12.4. The van der Waals surface area contributed by atoms with Crippen molar-refractivity contribution in [2.24, 2.45) is 5.92 Å². The molecule has 2 N–H and O–H groups in total. The fourth-order valence-corrected chi connectivity index (χ4v) is 6.33. The number of carbonyl (C=O) groups excluding carboxylic acids is 3. The molecule has 5 rings (SSSR count). The van der Waals surface area contributed by atoms with Gasteiger partial charge in [0, 0.05) is 31.4 Å². The second kappa shape index (κ2) is 12.7. The molecule has 2 aromatic rings. The van der Waals surface area contributed by atoms with Gasteiger partial charge in [-0.25, -0.2) is 0 Å². The number of nitrogens with one attached hydrogen (secondary N) is 2. The van der Waals surface area contributed by atoms with Crippen molar-refractivity contribution >= 4 is 52.0 Å². The topological polar surface area (TPSA) is 91.0 Å². The van der Waals surface area contributed by atoms with Gasteiger partial charge in [-0.1, -0.05) is 24.4 Å². The van der Waals surface area contributed by atoms with Crippen molar-refractivity contribution in [2.45, 2.75) is 56.8 Å². The van der Waals surface area contributed by atoms with E-state index in [-0.39, 0.29) is 49.6 Å². The van der Waals surface area contributed by atoms with E-state index in [2.05, 4.69) is 15.5 Å². The van der Waals surface area contributed by atoms with Gasteiger partial charge in [0.05, 0.1) is 27.1 Å². The van der Waals surface area contributed by atoms with Crippen LogP contribution < -0.4 is 15.5 Å². The number of morpholine rings is 1. The molecule has 1 atom stereocenters. The molecule has 41 heavy (non-hydrogen) atoms. The standard InChI is InChI=1S/C28H32ClF3N4O4S/c29-24-10-9-23(41-24)27(39)33-14-22(36(19-5-2-6-19)15-17-3-1-4-17)26(38)34-18-7-8-21(20(13-18)28(30,31)32)35-11-12-40-16-25(35)37/h7-10,13,17,19,22H,1-6,11-12,14-16H2,(H,33,39)(H,34,38)/t22-/m1/s1. The lowest BCUT2D eigenvalue weighted by molar-refractivity contribution is -0.137. The highest BCUT2D eigenvalue weighted by molar-refractivity contribution is 7.18. The third kappa shape index (κ3) is 7.04. The summed E-state index contributed by atoms with van der Waals surface area (Å²) in [4.78, 5) is 42.4. The lowest BCUT2D eigenvalue weighted by Gasteiger charge is -2.45. The van der Waals surface area contributed by atoms with Gasteiger partial charge < -0.3 is 20.3 Å². The van der Waals surface area contributed by atoms with E-state index in [1.165, 1.54) is 12.1 Å². The molecule has 0 spiro atoms. The number of thiophene rings is 1. The Balaban J connectivity index is 1.39. The first-order valence-corrected chi connectivity index (χ1v) is 15.0. The van der Waals surface area contributed by atoms with E-state index in [1.54, 1.807) is 12.1 Å². The maximum atomic E-state index is 14.1. The number of halogens is 4. The van der Waals surface area contributed by atoms with E-state index in [4.69, 9.17) is 16.3 Å². The maximum absolute atomic E-state index is 14.1. The van der Waals surface area contributed by atoms with Crippen molar-refractivity contribution in [1.29, 1.82) is 0 Å². The minimum absolute atomic E-state index is 0.00234. The Morgan fingerprint density at radius 3 is 2.49 bits per heavy atom. The summed E-state index contributed by atoms with van der Waals surface area (Å²) in [5.74, 6) is -0.978. The SMILES string of the molecule is O=C(NC[C@H](C(=O)Nc1ccc(N2CCOCC2=O)c(C(F)(F)F)c1)N(CC1CCC1)C1CCC1)c1ccc(Cl)s1. The number of benzene rings is 1. The number of hydrogen-bond donors (Lipinski definition) is 2. The molecule has 1 aromatic carbocycles. The van der Waals surface area contributed by atoms with Crippen LogP contribution in [0.5, 0.6) is 0 Å². The zero-order valence-corrected chi connectivity index (χ0v) is 23.9. The quantitative estimate of drug-likeness (QED) is 0.386. The third-order valence-corrected chi connectivity index (χ3v) is 9.27. The zero-order chi connectivity index (χ0) is 29.1. The molecule has 2 saturated carbocycles. The Morgan fingerprint density at radius 2 is 1.90 bits per heavy atom. The first-order chi connectivity index (χ1) is 19.6. The highest BCUT2D eigenvalue weighted by Crippen LogP contribution is 2.39. The van der Waals surface area contributed by atoms with Crippen molar-refractivity contribution < 1.29 is 32.3 Å². The minimum atomic E-state index is -4.76. The largest absolute Gasteiger partial charge is 0.418 e. The van der Waals surface area contributed by atoms with Gasteiger partial charge in [0.25, 0.3) is 11.8 Å². The van der Waals surface area contributed by atoms with Gasteiger partial charge in [-0.05, 0) is 61.9 Å². The molecule has 1 aliphatic heterocycles. The number of nitrogens with zero attached hydrogens (tertiary/aromatic N) is 2. The molecule has 3 amide bonds. The van der Waals surface area contributed by atoms with E-state index in [1.807, 2.05) is 0 Å². The maximum Gasteiger partial charge on any atom is 0.418 e.